The van der Waals surface area contributed by atoms with Crippen LogP contribution in [0.4, 0.5) is 4.79 Å². The maximum Gasteiger partial charge on any atom is 0.410 e. The van der Waals surface area contributed by atoms with Crippen molar-refractivity contribution >= 4 is 11.8 Å². The highest BCUT2D eigenvalue weighted by Crippen LogP contribution is 2.18. The number of nitrogens with zero attached hydrogens (tertiary/aromatic N) is 3. The number of carbonyl (C=O) groups excluding carboxylic acids is 1. The highest BCUT2D eigenvalue weighted by molar-refractivity contribution is 5.69. The zero-order valence-electron chi connectivity index (χ0n) is 16.0. The minimum atomic E-state index is -0.444. The van der Waals surface area contributed by atoms with Crippen molar-refractivity contribution in [3.05, 3.63) is 24.0 Å². The van der Waals surface area contributed by atoms with Crippen molar-refractivity contribution in [3.63, 3.8) is 0 Å². The first kappa shape index (κ1) is 21.2. The maximum atomic E-state index is 11.9. The Bertz CT molecular complexity index is 499. The molecular formula is C18H33N3O2. The number of amides is 1. The third-order valence-corrected chi connectivity index (χ3v) is 2.85. The summed E-state index contributed by atoms with van der Waals surface area (Å²) < 4.78 is 7.23. The van der Waals surface area contributed by atoms with Gasteiger partial charge in [-0.25, -0.2) is 9.48 Å². The molecule has 0 spiro atoms. The second-order valence-corrected chi connectivity index (χ2v) is 5.77. The first-order chi connectivity index (χ1) is 10.8. The van der Waals surface area contributed by atoms with E-state index in [-0.39, 0.29) is 6.09 Å². The Kier molecular flexibility index (Phi) is 9.30. The van der Waals surface area contributed by atoms with Gasteiger partial charge in [-0.15, -0.1) is 0 Å². The van der Waals surface area contributed by atoms with Gasteiger partial charge in [-0.1, -0.05) is 27.7 Å². The zero-order chi connectivity index (χ0) is 18.0. The molecule has 0 radical (unpaired) electrons. The van der Waals surface area contributed by atoms with Crippen LogP contribution >= 0.6 is 0 Å². The molecule has 1 aromatic rings. The van der Waals surface area contributed by atoms with E-state index in [9.17, 15) is 4.79 Å². The van der Waals surface area contributed by atoms with Crippen molar-refractivity contribution in [2.45, 2.75) is 67.4 Å². The molecule has 0 atom stereocenters. The summed E-state index contributed by atoms with van der Waals surface area (Å²) in [6.45, 7) is 16.8. The highest BCUT2D eigenvalue weighted by atomic mass is 16.6. The van der Waals surface area contributed by atoms with E-state index in [1.807, 2.05) is 78.4 Å². The summed E-state index contributed by atoms with van der Waals surface area (Å²) in [5.74, 6) is 0. The summed E-state index contributed by atoms with van der Waals surface area (Å²) in [6, 6.07) is 1.97. The van der Waals surface area contributed by atoms with Crippen LogP contribution in [0.2, 0.25) is 0 Å². The molecule has 1 aromatic heterocycles. The Balaban J connectivity index is 0.00000112. The minimum Gasteiger partial charge on any atom is -0.444 e. The fourth-order valence-electron chi connectivity index (χ4n) is 1.93. The van der Waals surface area contributed by atoms with Gasteiger partial charge in [0.2, 0.25) is 0 Å². The summed E-state index contributed by atoms with van der Waals surface area (Å²) >= 11 is 0. The van der Waals surface area contributed by atoms with E-state index in [0.29, 0.717) is 13.1 Å². The predicted octanol–water partition coefficient (Wildman–Crippen LogP) is 4.73. The molecule has 5 nitrogen and oxygen atoms in total. The second kappa shape index (κ2) is 10.1. The molecule has 1 aliphatic heterocycles. The number of carbonyl (C=O) groups is 1. The van der Waals surface area contributed by atoms with Gasteiger partial charge in [0.25, 0.3) is 0 Å². The van der Waals surface area contributed by atoms with E-state index in [4.69, 9.17) is 4.74 Å². The first-order valence-electron chi connectivity index (χ1n) is 8.55. The van der Waals surface area contributed by atoms with Gasteiger partial charge in [0.05, 0.1) is 5.69 Å². The smallest absolute Gasteiger partial charge is 0.410 e. The molecule has 1 amide bonds. The lowest BCUT2D eigenvalue weighted by Gasteiger charge is -2.29. The van der Waals surface area contributed by atoms with Crippen LogP contribution < -0.4 is 0 Å². The Morgan fingerprint density at radius 3 is 2.22 bits per heavy atom. The summed E-state index contributed by atoms with van der Waals surface area (Å²) in [5.41, 5.74) is 1.68. The monoisotopic (exact) mass is 323 g/mol. The van der Waals surface area contributed by atoms with Gasteiger partial charge in [-0.2, -0.15) is 5.10 Å². The average molecular weight is 323 g/mol. The van der Waals surface area contributed by atoms with Crippen LogP contribution in [0.15, 0.2) is 18.3 Å². The number of aromatic nitrogens is 2. The maximum absolute atomic E-state index is 11.9. The summed E-state index contributed by atoms with van der Waals surface area (Å²) in [7, 11) is 0. The van der Waals surface area contributed by atoms with Crippen LogP contribution in [0.1, 0.15) is 60.6 Å². The highest BCUT2D eigenvalue weighted by Gasteiger charge is 2.23. The Morgan fingerprint density at radius 1 is 1.22 bits per heavy atom. The molecule has 0 saturated carbocycles. The molecule has 1 aliphatic rings. The lowest BCUT2D eigenvalue weighted by atomic mass is 10.2. The fraction of sp³-hybridized carbons (Fsp3) is 0.667. The molecule has 23 heavy (non-hydrogen) atoms. The molecule has 2 rings (SSSR count). The zero-order valence-corrected chi connectivity index (χ0v) is 16.0. The predicted molar refractivity (Wildman–Crippen MR) is 96.4 cm³/mol. The summed E-state index contributed by atoms with van der Waals surface area (Å²) in [4.78, 5) is 13.6. The molecular weight excluding hydrogens is 290 g/mol. The molecule has 5 heteroatoms. The van der Waals surface area contributed by atoms with Crippen LogP contribution in [0.5, 0.6) is 0 Å². The van der Waals surface area contributed by atoms with E-state index < -0.39 is 5.60 Å². The van der Waals surface area contributed by atoms with Gasteiger partial charge in [0.1, 0.15) is 5.60 Å². The number of hydrogen-bond acceptors (Lipinski definition) is 3. The van der Waals surface area contributed by atoms with Crippen LogP contribution in [0.25, 0.3) is 5.70 Å². The summed E-state index contributed by atoms with van der Waals surface area (Å²) in [6.07, 6.45) is 4.52. The van der Waals surface area contributed by atoms with Gasteiger partial charge in [0, 0.05) is 31.4 Å². The van der Waals surface area contributed by atoms with Crippen molar-refractivity contribution in [2.75, 3.05) is 13.1 Å². The standard InChI is InChI=1S/C14H21N3O2.2C2H6/c1-11-5-10-17(15-11)12-6-8-16(9-7-12)13(18)19-14(2,3)4;2*1-2/h5-6,10H,7-9H2,1-4H3;2*1-2H3. The molecule has 0 unspecified atom stereocenters. The average Bonchev–Trinajstić information content (AvgIpc) is 2.96. The second-order valence-electron chi connectivity index (χ2n) is 5.77. The number of ether oxygens (including phenoxy) is 1. The molecule has 132 valence electrons. The van der Waals surface area contributed by atoms with Gasteiger partial charge < -0.3 is 9.64 Å². The largest absolute Gasteiger partial charge is 0.444 e. The van der Waals surface area contributed by atoms with Crippen molar-refractivity contribution in [1.82, 2.24) is 14.7 Å². The molecule has 0 saturated heterocycles. The quantitative estimate of drug-likeness (QED) is 0.751. The SMILES string of the molecule is CC.CC.Cc1ccn(C2=CCN(C(=O)OC(C)(C)C)CC2)n1. The minimum absolute atomic E-state index is 0.251. The van der Waals surface area contributed by atoms with Crippen molar-refractivity contribution in [2.24, 2.45) is 0 Å². The van der Waals surface area contributed by atoms with Gasteiger partial charge in [-0.05, 0) is 39.8 Å². The molecule has 0 aliphatic carbocycles. The van der Waals surface area contributed by atoms with E-state index >= 15 is 0 Å². The van der Waals surface area contributed by atoms with Crippen LogP contribution in [0, 0.1) is 6.92 Å². The molecule has 0 fully saturated rings. The van der Waals surface area contributed by atoms with E-state index in [1.54, 1.807) is 4.90 Å². The normalized spacial score (nSPS) is 13.9. The van der Waals surface area contributed by atoms with Crippen LogP contribution in [-0.4, -0.2) is 39.5 Å². The number of aryl methyl sites for hydroxylation is 1. The number of hydrogen-bond donors (Lipinski definition) is 0. The van der Waals surface area contributed by atoms with Gasteiger partial charge in [0.15, 0.2) is 0 Å². The van der Waals surface area contributed by atoms with E-state index in [0.717, 1.165) is 17.8 Å². The van der Waals surface area contributed by atoms with Crippen LogP contribution in [-0.2, 0) is 4.74 Å². The van der Waals surface area contributed by atoms with Crippen LogP contribution in [0.3, 0.4) is 0 Å². The number of rotatable bonds is 1. The van der Waals surface area contributed by atoms with E-state index in [2.05, 4.69) is 5.10 Å². The Hall–Kier alpha value is -1.78. The Morgan fingerprint density at radius 2 is 1.83 bits per heavy atom. The van der Waals surface area contributed by atoms with E-state index in [1.165, 1.54) is 0 Å². The fourth-order valence-corrected chi connectivity index (χ4v) is 1.93. The molecule has 0 bridgehead atoms. The third-order valence-electron chi connectivity index (χ3n) is 2.85. The molecule has 0 N–H and O–H groups in total. The summed E-state index contributed by atoms with van der Waals surface area (Å²) in [5, 5.41) is 4.38. The molecule has 2 heterocycles. The van der Waals surface area contributed by atoms with Gasteiger partial charge >= 0.3 is 6.09 Å². The van der Waals surface area contributed by atoms with Crippen molar-refractivity contribution < 1.29 is 9.53 Å². The molecule has 0 aromatic carbocycles. The topological polar surface area (TPSA) is 47.4 Å². The van der Waals surface area contributed by atoms with Crippen molar-refractivity contribution in [3.8, 4) is 0 Å². The third kappa shape index (κ3) is 7.35. The lowest BCUT2D eigenvalue weighted by Crippen LogP contribution is -2.39. The first-order valence-corrected chi connectivity index (χ1v) is 8.55. The Labute approximate surface area is 141 Å². The lowest BCUT2D eigenvalue weighted by molar-refractivity contribution is 0.0269. The van der Waals surface area contributed by atoms with Gasteiger partial charge in [-0.3, -0.25) is 0 Å². The van der Waals surface area contributed by atoms with Crippen molar-refractivity contribution in [1.29, 1.82) is 0 Å².